The molecule has 0 N–H and O–H groups in total. The molecule has 1 aliphatic heterocycles. The summed E-state index contributed by atoms with van der Waals surface area (Å²) in [6.07, 6.45) is 1.73. The predicted molar refractivity (Wildman–Crippen MR) is 91.1 cm³/mol. The summed E-state index contributed by atoms with van der Waals surface area (Å²) in [5, 5.41) is 6.98. The second-order valence-electron chi connectivity index (χ2n) is 5.65. The lowest BCUT2D eigenvalue weighted by atomic mass is 10.1. The summed E-state index contributed by atoms with van der Waals surface area (Å²) in [4.78, 5) is 18.5. The van der Waals surface area contributed by atoms with Gasteiger partial charge in [0.1, 0.15) is 11.8 Å². The Hall–Kier alpha value is -2.67. The molecule has 0 bridgehead atoms. The van der Waals surface area contributed by atoms with E-state index in [1.54, 1.807) is 22.8 Å². The van der Waals surface area contributed by atoms with Crippen LogP contribution in [0.3, 0.4) is 0 Å². The molecular formula is C17H16N4O2S. The van der Waals surface area contributed by atoms with Crippen LogP contribution >= 0.6 is 11.3 Å². The van der Waals surface area contributed by atoms with Crippen molar-refractivity contribution in [2.24, 2.45) is 7.05 Å². The zero-order valence-electron chi connectivity index (χ0n) is 13.1. The molecule has 6 nitrogen and oxygen atoms in total. The summed E-state index contributed by atoms with van der Waals surface area (Å²) in [5.41, 5.74) is 2.39. The van der Waals surface area contributed by atoms with Crippen LogP contribution in [0.2, 0.25) is 0 Å². The molecule has 4 rings (SSSR count). The maximum Gasteiger partial charge on any atom is 0.273 e. The van der Waals surface area contributed by atoms with Crippen molar-refractivity contribution in [3.8, 4) is 16.5 Å². The van der Waals surface area contributed by atoms with Crippen LogP contribution in [-0.4, -0.2) is 44.8 Å². The number of thiazole rings is 1. The van der Waals surface area contributed by atoms with E-state index in [-0.39, 0.29) is 12.0 Å². The van der Waals surface area contributed by atoms with Crippen LogP contribution in [0.15, 0.2) is 48.0 Å². The number of rotatable bonds is 4. The van der Waals surface area contributed by atoms with Crippen molar-refractivity contribution in [1.82, 2.24) is 19.7 Å². The van der Waals surface area contributed by atoms with E-state index in [4.69, 9.17) is 4.74 Å². The first-order valence-corrected chi connectivity index (χ1v) is 8.53. The normalized spacial score (nSPS) is 14.5. The van der Waals surface area contributed by atoms with Gasteiger partial charge >= 0.3 is 0 Å². The minimum atomic E-state index is -0.0221. The lowest BCUT2D eigenvalue weighted by molar-refractivity contribution is 0.0169. The summed E-state index contributed by atoms with van der Waals surface area (Å²) >= 11 is 1.46. The van der Waals surface area contributed by atoms with Crippen LogP contribution in [0.25, 0.3) is 11.3 Å². The van der Waals surface area contributed by atoms with Crippen LogP contribution in [0, 0.1) is 0 Å². The Morgan fingerprint density at radius 1 is 1.29 bits per heavy atom. The largest absolute Gasteiger partial charge is 0.463 e. The number of hydrogen-bond donors (Lipinski definition) is 0. The molecule has 1 aromatic carbocycles. The highest BCUT2D eigenvalue weighted by Crippen LogP contribution is 2.23. The molecule has 1 aliphatic rings. The Labute approximate surface area is 143 Å². The number of nitrogens with zero attached hydrogens (tertiary/aromatic N) is 4. The summed E-state index contributed by atoms with van der Waals surface area (Å²) < 4.78 is 7.34. The van der Waals surface area contributed by atoms with Crippen LogP contribution in [-0.2, 0) is 7.05 Å². The third kappa shape index (κ3) is 2.78. The Morgan fingerprint density at radius 2 is 2.08 bits per heavy atom. The van der Waals surface area contributed by atoms with E-state index in [0.29, 0.717) is 24.0 Å². The Balaban J connectivity index is 1.43. The predicted octanol–water partition coefficient (Wildman–Crippen LogP) is 2.45. The molecule has 0 aliphatic carbocycles. The van der Waals surface area contributed by atoms with Crippen molar-refractivity contribution in [1.29, 1.82) is 0 Å². The average molecular weight is 340 g/mol. The van der Waals surface area contributed by atoms with E-state index in [9.17, 15) is 4.79 Å². The summed E-state index contributed by atoms with van der Waals surface area (Å²) in [5.74, 6) is -0.0221. The highest BCUT2D eigenvalue weighted by atomic mass is 32.1. The monoisotopic (exact) mass is 340 g/mol. The number of ether oxygens (including phenoxy) is 1. The molecule has 0 radical (unpaired) electrons. The van der Waals surface area contributed by atoms with Crippen molar-refractivity contribution in [2.45, 2.75) is 6.10 Å². The van der Waals surface area contributed by atoms with E-state index in [2.05, 4.69) is 10.1 Å². The molecule has 7 heteroatoms. The fraction of sp³-hybridized carbons (Fsp3) is 0.235. The molecule has 0 spiro atoms. The number of benzene rings is 1. The van der Waals surface area contributed by atoms with Gasteiger partial charge in [-0.05, 0) is 6.07 Å². The Morgan fingerprint density at radius 3 is 2.79 bits per heavy atom. The van der Waals surface area contributed by atoms with Gasteiger partial charge in [0.25, 0.3) is 11.1 Å². The highest BCUT2D eigenvalue weighted by molar-refractivity contribution is 7.11. The van der Waals surface area contributed by atoms with E-state index < -0.39 is 0 Å². The number of aromatic nitrogens is 3. The number of likely N-dealkylation sites (tertiary alicyclic amines) is 1. The van der Waals surface area contributed by atoms with Crippen LogP contribution in [0.4, 0.5) is 0 Å². The molecule has 0 atom stereocenters. The zero-order chi connectivity index (χ0) is 16.5. The first-order chi connectivity index (χ1) is 11.7. The molecular weight excluding hydrogens is 324 g/mol. The molecule has 2 aromatic heterocycles. The zero-order valence-corrected chi connectivity index (χ0v) is 13.9. The lowest BCUT2D eigenvalue weighted by Crippen LogP contribution is -2.56. The topological polar surface area (TPSA) is 60.2 Å². The van der Waals surface area contributed by atoms with E-state index in [1.165, 1.54) is 11.3 Å². The standard InChI is InChI=1S/C17H16N4O2S/c1-20-15(9-14(19-20)12-5-3-2-4-6-12)16(22)21-10-13(11-21)23-17-18-7-8-24-17/h2-9,13H,10-11H2,1H3. The number of carbonyl (C=O) groups is 1. The van der Waals surface area contributed by atoms with Crippen LogP contribution < -0.4 is 4.74 Å². The van der Waals surface area contributed by atoms with Gasteiger partial charge in [-0.3, -0.25) is 9.48 Å². The van der Waals surface area contributed by atoms with E-state index in [1.807, 2.05) is 41.8 Å². The molecule has 3 aromatic rings. The van der Waals surface area contributed by atoms with Gasteiger partial charge in [-0.2, -0.15) is 5.10 Å². The molecule has 1 amide bonds. The molecule has 122 valence electrons. The van der Waals surface area contributed by atoms with Gasteiger partial charge in [0.2, 0.25) is 0 Å². The molecule has 0 unspecified atom stereocenters. The van der Waals surface area contributed by atoms with Gasteiger partial charge in [0.15, 0.2) is 0 Å². The van der Waals surface area contributed by atoms with Crippen molar-refractivity contribution in [2.75, 3.05) is 13.1 Å². The summed E-state index contributed by atoms with van der Waals surface area (Å²) in [6.45, 7) is 1.15. The van der Waals surface area contributed by atoms with Crippen molar-refractivity contribution in [3.63, 3.8) is 0 Å². The Bertz CT molecular complexity index is 839. The number of amides is 1. The second-order valence-corrected chi connectivity index (χ2v) is 6.51. The first kappa shape index (κ1) is 14.9. The SMILES string of the molecule is Cn1nc(-c2ccccc2)cc1C(=O)N1CC(Oc2nccs2)C1. The van der Waals surface area contributed by atoms with E-state index >= 15 is 0 Å². The van der Waals surface area contributed by atoms with Gasteiger partial charge in [0, 0.05) is 24.2 Å². The fourth-order valence-electron chi connectivity index (χ4n) is 2.67. The third-order valence-corrected chi connectivity index (χ3v) is 4.64. The van der Waals surface area contributed by atoms with Crippen LogP contribution in [0.1, 0.15) is 10.5 Å². The number of carbonyl (C=O) groups excluding carboxylic acids is 1. The van der Waals surface area contributed by atoms with Crippen molar-refractivity contribution >= 4 is 17.2 Å². The first-order valence-electron chi connectivity index (χ1n) is 7.65. The molecule has 3 heterocycles. The van der Waals surface area contributed by atoms with E-state index in [0.717, 1.165) is 11.3 Å². The summed E-state index contributed by atoms with van der Waals surface area (Å²) in [7, 11) is 1.79. The van der Waals surface area contributed by atoms with Gasteiger partial charge in [-0.15, -0.1) is 0 Å². The van der Waals surface area contributed by atoms with Crippen LogP contribution in [0.5, 0.6) is 5.19 Å². The van der Waals surface area contributed by atoms with Gasteiger partial charge < -0.3 is 9.64 Å². The van der Waals surface area contributed by atoms with Gasteiger partial charge in [0.05, 0.1) is 18.8 Å². The minimum Gasteiger partial charge on any atom is -0.463 e. The van der Waals surface area contributed by atoms with Gasteiger partial charge in [-0.1, -0.05) is 41.7 Å². The molecule has 1 saturated heterocycles. The molecule has 24 heavy (non-hydrogen) atoms. The lowest BCUT2D eigenvalue weighted by Gasteiger charge is -2.38. The second kappa shape index (κ2) is 6.09. The van der Waals surface area contributed by atoms with Gasteiger partial charge in [-0.25, -0.2) is 4.98 Å². The number of hydrogen-bond acceptors (Lipinski definition) is 5. The maximum absolute atomic E-state index is 12.6. The smallest absolute Gasteiger partial charge is 0.273 e. The minimum absolute atomic E-state index is 0.0157. The third-order valence-electron chi connectivity index (χ3n) is 3.98. The van der Waals surface area contributed by atoms with Crippen molar-refractivity contribution in [3.05, 3.63) is 53.7 Å². The molecule has 0 saturated carbocycles. The highest BCUT2D eigenvalue weighted by Gasteiger charge is 2.34. The van der Waals surface area contributed by atoms with Crippen molar-refractivity contribution < 1.29 is 9.53 Å². The average Bonchev–Trinajstić information content (AvgIpc) is 3.20. The quantitative estimate of drug-likeness (QED) is 0.732. The fourth-order valence-corrected chi connectivity index (χ4v) is 3.22. The molecule has 1 fully saturated rings. The number of aryl methyl sites for hydroxylation is 1. The Kier molecular flexibility index (Phi) is 3.78. The summed E-state index contributed by atoms with van der Waals surface area (Å²) in [6, 6.07) is 11.7. The maximum atomic E-state index is 12.6.